The SMILES string of the molecule is Cc1ccc(-n2c(=O)c3sc(N)nc3n(-c3nnc(-c4ccccc4Cl)o3)c2=S)cc1. The summed E-state index contributed by atoms with van der Waals surface area (Å²) in [7, 11) is 0. The van der Waals surface area contributed by atoms with Crippen LogP contribution in [0, 0.1) is 11.7 Å². The van der Waals surface area contributed by atoms with Crippen molar-refractivity contribution in [3.63, 3.8) is 0 Å². The Bertz CT molecular complexity index is 1570. The van der Waals surface area contributed by atoms with Gasteiger partial charge >= 0.3 is 6.01 Å². The Kier molecular flexibility index (Phi) is 4.69. The normalized spacial score (nSPS) is 11.3. The smallest absolute Gasteiger partial charge is 0.330 e. The van der Waals surface area contributed by atoms with Gasteiger partial charge in [0.2, 0.25) is 0 Å². The molecule has 0 bridgehead atoms. The lowest BCUT2D eigenvalue weighted by atomic mass is 10.2. The molecular weight excluding hydrogens is 456 g/mol. The second-order valence-corrected chi connectivity index (χ2v) is 8.47. The van der Waals surface area contributed by atoms with Gasteiger partial charge in [0.05, 0.1) is 16.3 Å². The first-order valence-corrected chi connectivity index (χ1v) is 10.6. The van der Waals surface area contributed by atoms with E-state index in [1.807, 2.05) is 37.3 Å². The molecule has 5 aromatic rings. The van der Waals surface area contributed by atoms with E-state index in [4.69, 9.17) is 34.0 Å². The topological polar surface area (TPSA) is 105 Å². The molecule has 0 saturated heterocycles. The molecule has 0 saturated carbocycles. The first-order valence-electron chi connectivity index (χ1n) is 9.04. The van der Waals surface area contributed by atoms with Gasteiger partial charge in [0, 0.05) is 0 Å². The van der Waals surface area contributed by atoms with Crippen molar-refractivity contribution in [2.24, 2.45) is 0 Å². The van der Waals surface area contributed by atoms with Gasteiger partial charge in [-0.05, 0) is 43.4 Å². The summed E-state index contributed by atoms with van der Waals surface area (Å²) in [4.78, 5) is 17.5. The minimum Gasteiger partial charge on any atom is -0.403 e. The van der Waals surface area contributed by atoms with Gasteiger partial charge in [-0.2, -0.15) is 0 Å². The van der Waals surface area contributed by atoms with Gasteiger partial charge in [-0.15, -0.1) is 5.10 Å². The Morgan fingerprint density at radius 3 is 2.58 bits per heavy atom. The van der Waals surface area contributed by atoms with Crippen molar-refractivity contribution in [3.8, 4) is 23.2 Å². The van der Waals surface area contributed by atoms with Crippen molar-refractivity contribution in [3.05, 3.63) is 74.2 Å². The molecule has 154 valence electrons. The highest BCUT2D eigenvalue weighted by molar-refractivity contribution is 7.71. The van der Waals surface area contributed by atoms with Gasteiger partial charge in [0.15, 0.2) is 15.5 Å². The number of thiazole rings is 1. The largest absolute Gasteiger partial charge is 0.403 e. The quantitative estimate of drug-likeness (QED) is 0.387. The zero-order valence-corrected chi connectivity index (χ0v) is 18.3. The second-order valence-electron chi connectivity index (χ2n) is 6.67. The molecule has 0 atom stereocenters. The Morgan fingerprint density at radius 1 is 1.10 bits per heavy atom. The lowest BCUT2D eigenvalue weighted by Crippen LogP contribution is -2.23. The highest BCUT2D eigenvalue weighted by atomic mass is 35.5. The minimum atomic E-state index is -0.319. The maximum atomic E-state index is 13.2. The Morgan fingerprint density at radius 2 is 1.84 bits per heavy atom. The second kappa shape index (κ2) is 7.41. The van der Waals surface area contributed by atoms with Crippen LogP contribution in [0.15, 0.2) is 57.7 Å². The van der Waals surface area contributed by atoms with E-state index in [1.165, 1.54) is 9.13 Å². The van der Waals surface area contributed by atoms with E-state index < -0.39 is 0 Å². The van der Waals surface area contributed by atoms with Gasteiger partial charge in [0.25, 0.3) is 11.4 Å². The summed E-state index contributed by atoms with van der Waals surface area (Å²) in [5, 5.41) is 8.93. The summed E-state index contributed by atoms with van der Waals surface area (Å²) in [6, 6.07) is 14.6. The highest BCUT2D eigenvalue weighted by Crippen LogP contribution is 2.29. The average Bonchev–Trinajstić information content (AvgIpc) is 3.37. The summed E-state index contributed by atoms with van der Waals surface area (Å²) in [5.41, 5.74) is 8.09. The number of hydrogen-bond donors (Lipinski definition) is 1. The monoisotopic (exact) mass is 468 g/mol. The zero-order valence-electron chi connectivity index (χ0n) is 15.9. The molecule has 0 radical (unpaired) electrons. The number of nitrogen functional groups attached to an aromatic ring is 1. The van der Waals surface area contributed by atoms with Crippen LogP contribution in [0.2, 0.25) is 5.02 Å². The molecule has 5 rings (SSSR count). The fraction of sp³-hybridized carbons (Fsp3) is 0.0500. The van der Waals surface area contributed by atoms with E-state index in [0.29, 0.717) is 21.0 Å². The van der Waals surface area contributed by atoms with Crippen LogP contribution in [0.25, 0.3) is 33.5 Å². The van der Waals surface area contributed by atoms with Gasteiger partial charge in [-0.3, -0.25) is 9.36 Å². The lowest BCUT2D eigenvalue weighted by molar-refractivity contribution is 0.534. The number of benzene rings is 2. The number of halogens is 1. The predicted octanol–water partition coefficient (Wildman–Crippen LogP) is 4.56. The molecule has 3 heterocycles. The molecule has 31 heavy (non-hydrogen) atoms. The summed E-state index contributed by atoms with van der Waals surface area (Å²) < 4.78 is 9.18. The number of nitrogens with two attached hydrogens (primary N) is 1. The lowest BCUT2D eigenvalue weighted by Gasteiger charge is -2.10. The number of hydrogen-bond acceptors (Lipinski definition) is 8. The summed E-state index contributed by atoms with van der Waals surface area (Å²) in [6.07, 6.45) is 0. The zero-order chi connectivity index (χ0) is 21.7. The molecule has 8 nitrogen and oxygen atoms in total. The van der Waals surface area contributed by atoms with Crippen LogP contribution in [0.4, 0.5) is 5.13 Å². The molecule has 0 amide bonds. The number of aromatic nitrogens is 5. The van der Waals surface area contributed by atoms with E-state index in [-0.39, 0.29) is 33.0 Å². The van der Waals surface area contributed by atoms with Crippen molar-refractivity contribution < 1.29 is 4.42 Å². The van der Waals surface area contributed by atoms with Gasteiger partial charge in [-0.1, -0.05) is 57.9 Å². The predicted molar refractivity (Wildman–Crippen MR) is 123 cm³/mol. The summed E-state index contributed by atoms with van der Waals surface area (Å²) >= 11 is 13.0. The van der Waals surface area contributed by atoms with Gasteiger partial charge < -0.3 is 10.2 Å². The molecule has 11 heteroatoms. The van der Waals surface area contributed by atoms with Crippen LogP contribution < -0.4 is 11.3 Å². The van der Waals surface area contributed by atoms with E-state index in [1.54, 1.807) is 18.2 Å². The fourth-order valence-electron chi connectivity index (χ4n) is 3.14. The fourth-order valence-corrected chi connectivity index (χ4v) is 4.46. The Hall–Kier alpha value is -3.34. The van der Waals surface area contributed by atoms with Gasteiger partial charge in [0.1, 0.15) is 4.70 Å². The van der Waals surface area contributed by atoms with Crippen molar-refractivity contribution in [1.82, 2.24) is 24.3 Å². The van der Waals surface area contributed by atoms with E-state index >= 15 is 0 Å². The number of rotatable bonds is 3. The maximum absolute atomic E-state index is 13.2. The van der Waals surface area contributed by atoms with Crippen molar-refractivity contribution in [1.29, 1.82) is 0 Å². The van der Waals surface area contributed by atoms with Crippen LogP contribution in [0.3, 0.4) is 0 Å². The van der Waals surface area contributed by atoms with Crippen molar-refractivity contribution >= 4 is 50.6 Å². The summed E-state index contributed by atoms with van der Waals surface area (Å²) in [6.45, 7) is 1.96. The highest BCUT2D eigenvalue weighted by Gasteiger charge is 2.21. The van der Waals surface area contributed by atoms with E-state index in [0.717, 1.165) is 16.9 Å². The molecule has 2 N–H and O–H groups in total. The Balaban J connectivity index is 1.80. The molecule has 2 aromatic carbocycles. The van der Waals surface area contributed by atoms with Crippen molar-refractivity contribution in [2.45, 2.75) is 6.92 Å². The van der Waals surface area contributed by atoms with Crippen molar-refractivity contribution in [2.75, 3.05) is 5.73 Å². The van der Waals surface area contributed by atoms with E-state index in [2.05, 4.69) is 15.2 Å². The summed E-state index contributed by atoms with van der Waals surface area (Å²) in [5.74, 6) is 0.215. The average molecular weight is 469 g/mol. The third-order valence-corrected chi connectivity index (χ3v) is 6.18. The molecule has 0 aliphatic rings. The molecular formula is C20H13ClN6O2S2. The van der Waals surface area contributed by atoms with Gasteiger partial charge in [-0.25, -0.2) is 9.55 Å². The first-order chi connectivity index (χ1) is 14.9. The third-order valence-electron chi connectivity index (χ3n) is 4.62. The van der Waals surface area contributed by atoms with Crippen LogP contribution in [-0.4, -0.2) is 24.3 Å². The van der Waals surface area contributed by atoms with Crippen LogP contribution in [0.5, 0.6) is 0 Å². The van der Waals surface area contributed by atoms with E-state index in [9.17, 15) is 4.79 Å². The number of fused-ring (bicyclic) bond motifs is 1. The van der Waals surface area contributed by atoms with Crippen LogP contribution in [-0.2, 0) is 0 Å². The molecule has 0 spiro atoms. The first kappa shape index (κ1) is 19.6. The Labute approximate surface area is 189 Å². The molecule has 0 aliphatic heterocycles. The molecule has 0 unspecified atom stereocenters. The number of anilines is 1. The molecule has 0 aliphatic carbocycles. The standard InChI is InChI=1S/C20H13ClN6O2S2/c1-10-6-8-11(9-7-10)26-17(28)14-15(23-18(22)31-14)27(20(26)30)19-25-24-16(29-19)12-4-2-3-5-13(12)21/h2-9H,1H3,(H2,22,23). The maximum Gasteiger partial charge on any atom is 0.330 e. The minimum absolute atomic E-state index is 0.0519. The van der Waals surface area contributed by atoms with Crippen LogP contribution >= 0.6 is 35.2 Å². The number of aryl methyl sites for hydroxylation is 1. The van der Waals surface area contributed by atoms with Crippen LogP contribution in [0.1, 0.15) is 5.56 Å². The third kappa shape index (κ3) is 3.25. The molecule has 3 aromatic heterocycles. The molecule has 0 fully saturated rings. The number of nitrogens with zero attached hydrogens (tertiary/aromatic N) is 5.